The lowest BCUT2D eigenvalue weighted by molar-refractivity contribution is 0.0693. The average Bonchev–Trinajstić information content (AvgIpc) is 2.38. The van der Waals surface area contributed by atoms with Gasteiger partial charge in [0.05, 0.1) is 0 Å². The number of hydrogen-bond acceptors (Lipinski definition) is 4. The molecule has 102 valence electrons. The van der Waals surface area contributed by atoms with Gasteiger partial charge in [-0.05, 0) is 24.3 Å². The Morgan fingerprint density at radius 1 is 1.25 bits per heavy atom. The third-order valence-corrected chi connectivity index (χ3v) is 2.32. The lowest BCUT2D eigenvalue weighted by Crippen LogP contribution is -2.19. The predicted octanol–water partition coefficient (Wildman–Crippen LogP) is 2.06. The number of pyridine rings is 1. The molecule has 2 amide bonds. The Bertz CT molecular complexity index is 658. The van der Waals surface area contributed by atoms with E-state index in [4.69, 9.17) is 15.6 Å². The number of amides is 2. The third-order valence-electron chi connectivity index (χ3n) is 2.32. The Morgan fingerprint density at radius 3 is 2.75 bits per heavy atom. The summed E-state index contributed by atoms with van der Waals surface area (Å²) in [5.74, 6) is -0.840. The van der Waals surface area contributed by atoms with Crippen molar-refractivity contribution in [3.8, 4) is 11.6 Å². The van der Waals surface area contributed by atoms with Crippen molar-refractivity contribution in [2.45, 2.75) is 0 Å². The first-order chi connectivity index (χ1) is 9.56. The van der Waals surface area contributed by atoms with Gasteiger partial charge >= 0.3 is 12.0 Å². The van der Waals surface area contributed by atoms with Crippen molar-refractivity contribution in [2.24, 2.45) is 5.73 Å². The number of carbonyl (C=O) groups excluding carboxylic acids is 1. The van der Waals surface area contributed by atoms with Crippen molar-refractivity contribution in [3.05, 3.63) is 48.2 Å². The van der Waals surface area contributed by atoms with E-state index in [1.807, 2.05) is 0 Å². The summed E-state index contributed by atoms with van der Waals surface area (Å²) >= 11 is 0. The van der Waals surface area contributed by atoms with Gasteiger partial charge in [-0.1, -0.05) is 6.07 Å². The van der Waals surface area contributed by atoms with Crippen molar-refractivity contribution < 1.29 is 19.4 Å². The number of nitrogens with one attached hydrogen (secondary N) is 1. The van der Waals surface area contributed by atoms with Crippen LogP contribution in [0, 0.1) is 0 Å². The Balaban J connectivity index is 2.26. The smallest absolute Gasteiger partial charge is 0.341 e. The minimum atomic E-state index is -1.14. The van der Waals surface area contributed by atoms with E-state index in [9.17, 15) is 9.59 Å². The maximum absolute atomic E-state index is 11.0. The number of rotatable bonds is 4. The molecule has 1 heterocycles. The Kier molecular flexibility index (Phi) is 3.80. The predicted molar refractivity (Wildman–Crippen MR) is 70.9 cm³/mol. The first-order valence-corrected chi connectivity index (χ1v) is 5.59. The van der Waals surface area contributed by atoms with Crippen LogP contribution in [0.5, 0.6) is 11.6 Å². The summed E-state index contributed by atoms with van der Waals surface area (Å²) < 4.78 is 5.41. The molecule has 0 saturated carbocycles. The first-order valence-electron chi connectivity index (χ1n) is 5.59. The molecule has 2 rings (SSSR count). The number of aromatic carboxylic acids is 1. The molecule has 0 aliphatic heterocycles. The topological polar surface area (TPSA) is 115 Å². The van der Waals surface area contributed by atoms with Gasteiger partial charge in [0.25, 0.3) is 0 Å². The molecule has 0 saturated heterocycles. The second-order valence-corrected chi connectivity index (χ2v) is 3.78. The fourth-order valence-electron chi connectivity index (χ4n) is 1.53. The van der Waals surface area contributed by atoms with Gasteiger partial charge < -0.3 is 20.9 Å². The molecule has 0 unspecified atom stereocenters. The van der Waals surface area contributed by atoms with Gasteiger partial charge in [0.15, 0.2) is 0 Å². The quantitative estimate of drug-likeness (QED) is 0.788. The van der Waals surface area contributed by atoms with E-state index >= 15 is 0 Å². The Hall–Kier alpha value is -3.09. The number of benzene rings is 1. The number of ether oxygens (including phenoxy) is 1. The largest absolute Gasteiger partial charge is 0.477 e. The van der Waals surface area contributed by atoms with Gasteiger partial charge in [-0.25, -0.2) is 14.6 Å². The molecule has 7 nitrogen and oxygen atoms in total. The number of hydrogen-bond donors (Lipinski definition) is 3. The number of carbonyl (C=O) groups is 2. The second kappa shape index (κ2) is 5.70. The van der Waals surface area contributed by atoms with Crippen LogP contribution >= 0.6 is 0 Å². The molecule has 1 aromatic carbocycles. The lowest BCUT2D eigenvalue weighted by Gasteiger charge is -2.08. The maximum Gasteiger partial charge on any atom is 0.341 e. The van der Waals surface area contributed by atoms with E-state index in [2.05, 4.69) is 10.3 Å². The zero-order chi connectivity index (χ0) is 14.5. The van der Waals surface area contributed by atoms with Crippen LogP contribution in [0.2, 0.25) is 0 Å². The summed E-state index contributed by atoms with van der Waals surface area (Å²) in [4.78, 5) is 25.7. The van der Waals surface area contributed by atoms with E-state index in [0.29, 0.717) is 11.4 Å². The molecule has 0 bridgehead atoms. The van der Waals surface area contributed by atoms with Gasteiger partial charge in [-0.2, -0.15) is 0 Å². The van der Waals surface area contributed by atoms with Crippen LogP contribution in [0.25, 0.3) is 0 Å². The highest BCUT2D eigenvalue weighted by atomic mass is 16.5. The highest BCUT2D eigenvalue weighted by Crippen LogP contribution is 2.25. The van der Waals surface area contributed by atoms with Crippen molar-refractivity contribution >= 4 is 17.7 Å². The highest BCUT2D eigenvalue weighted by molar-refractivity contribution is 5.90. The molecule has 20 heavy (non-hydrogen) atoms. The maximum atomic E-state index is 11.0. The molecule has 0 atom stereocenters. The molecular formula is C13H11N3O4. The number of aromatic nitrogens is 1. The van der Waals surface area contributed by atoms with E-state index < -0.39 is 12.0 Å². The van der Waals surface area contributed by atoms with E-state index in [0.717, 1.165) is 0 Å². The molecule has 0 spiro atoms. The van der Waals surface area contributed by atoms with Crippen LogP contribution in [0.15, 0.2) is 42.6 Å². The SMILES string of the molecule is NC(=O)Nc1cccc(Oc2ncccc2C(=O)O)c1. The third kappa shape index (κ3) is 3.22. The van der Waals surface area contributed by atoms with Crippen molar-refractivity contribution in [1.29, 1.82) is 0 Å². The number of carboxylic acids is 1. The first kappa shape index (κ1) is 13.3. The summed E-state index contributed by atoms with van der Waals surface area (Å²) in [6, 6.07) is 8.54. The molecule has 0 aliphatic carbocycles. The molecule has 0 fully saturated rings. The summed E-state index contributed by atoms with van der Waals surface area (Å²) in [5, 5.41) is 11.4. The van der Waals surface area contributed by atoms with E-state index in [1.54, 1.807) is 18.2 Å². The van der Waals surface area contributed by atoms with Gasteiger partial charge in [0.1, 0.15) is 11.3 Å². The number of carboxylic acid groups (broad SMARTS) is 1. The molecule has 2 aromatic rings. The zero-order valence-electron chi connectivity index (χ0n) is 10.2. The summed E-state index contributed by atoms with van der Waals surface area (Å²) in [5.41, 5.74) is 5.39. The number of nitrogens with two attached hydrogens (primary N) is 1. The fraction of sp³-hybridized carbons (Fsp3) is 0. The molecule has 0 aliphatic rings. The van der Waals surface area contributed by atoms with Crippen LogP contribution in [0.1, 0.15) is 10.4 Å². The van der Waals surface area contributed by atoms with Crippen LogP contribution in [-0.2, 0) is 0 Å². The Morgan fingerprint density at radius 2 is 2.05 bits per heavy atom. The summed E-state index contributed by atoms with van der Waals surface area (Å²) in [6.45, 7) is 0. The van der Waals surface area contributed by atoms with Crippen LogP contribution in [0.3, 0.4) is 0 Å². The normalized spacial score (nSPS) is 9.80. The van der Waals surface area contributed by atoms with E-state index in [1.165, 1.54) is 24.4 Å². The van der Waals surface area contributed by atoms with Crippen LogP contribution in [0.4, 0.5) is 10.5 Å². The van der Waals surface area contributed by atoms with Crippen LogP contribution in [-0.4, -0.2) is 22.1 Å². The zero-order valence-corrected chi connectivity index (χ0v) is 10.2. The Labute approximate surface area is 114 Å². The standard InChI is InChI=1S/C13H11N3O4/c14-13(19)16-8-3-1-4-9(7-8)20-11-10(12(17)18)5-2-6-15-11/h1-7H,(H,17,18)(H3,14,16,19). The second-order valence-electron chi connectivity index (χ2n) is 3.78. The molecule has 1 aromatic heterocycles. The minimum absolute atomic E-state index is 0.0313. The molecule has 0 radical (unpaired) electrons. The number of nitrogens with zero attached hydrogens (tertiary/aromatic N) is 1. The van der Waals surface area contributed by atoms with Gasteiger partial charge in [-0.15, -0.1) is 0 Å². The fourth-order valence-corrected chi connectivity index (χ4v) is 1.53. The average molecular weight is 273 g/mol. The summed E-state index contributed by atoms with van der Waals surface area (Å²) in [7, 11) is 0. The molecule has 7 heteroatoms. The number of anilines is 1. The van der Waals surface area contributed by atoms with E-state index in [-0.39, 0.29) is 11.4 Å². The monoisotopic (exact) mass is 273 g/mol. The van der Waals surface area contributed by atoms with Gasteiger partial charge in [0.2, 0.25) is 5.88 Å². The molecular weight excluding hydrogens is 262 g/mol. The molecule has 4 N–H and O–H groups in total. The van der Waals surface area contributed by atoms with Crippen LogP contribution < -0.4 is 15.8 Å². The van der Waals surface area contributed by atoms with Gasteiger partial charge in [-0.3, -0.25) is 0 Å². The van der Waals surface area contributed by atoms with Crippen molar-refractivity contribution in [1.82, 2.24) is 4.98 Å². The van der Waals surface area contributed by atoms with Crippen molar-refractivity contribution in [2.75, 3.05) is 5.32 Å². The number of primary amides is 1. The minimum Gasteiger partial charge on any atom is -0.477 e. The van der Waals surface area contributed by atoms with Crippen molar-refractivity contribution in [3.63, 3.8) is 0 Å². The summed E-state index contributed by atoms with van der Waals surface area (Å²) in [6.07, 6.45) is 1.42. The lowest BCUT2D eigenvalue weighted by atomic mass is 10.2. The van der Waals surface area contributed by atoms with Gasteiger partial charge in [0, 0.05) is 18.0 Å². The highest BCUT2D eigenvalue weighted by Gasteiger charge is 2.12. The number of urea groups is 1.